The second kappa shape index (κ2) is 7.77. The van der Waals surface area contributed by atoms with Crippen LogP contribution >= 0.6 is 11.6 Å². The molecule has 1 aromatic rings. The Morgan fingerprint density at radius 3 is 2.50 bits per heavy atom. The van der Waals surface area contributed by atoms with Crippen LogP contribution in [0.2, 0.25) is 5.15 Å². The smallest absolute Gasteiger partial charge is 0.131 e. The van der Waals surface area contributed by atoms with Gasteiger partial charge in [-0.25, -0.2) is 0 Å². The number of aromatic nitrogens is 2. The van der Waals surface area contributed by atoms with E-state index in [2.05, 4.69) is 29.2 Å². The Morgan fingerprint density at radius 1 is 1.33 bits per heavy atom. The average molecular weight is 273 g/mol. The molecule has 0 aliphatic carbocycles. The zero-order chi connectivity index (χ0) is 13.5. The van der Waals surface area contributed by atoms with Gasteiger partial charge < -0.3 is 10.2 Å². The first-order valence-corrected chi connectivity index (χ1v) is 7.08. The molecule has 0 aromatic carbocycles. The summed E-state index contributed by atoms with van der Waals surface area (Å²) in [6, 6.07) is 0. The SMILES string of the molecule is CCN(CC)CCCNCc1c(C)nn(C)c1Cl. The van der Waals surface area contributed by atoms with Crippen LogP contribution in [0.3, 0.4) is 0 Å². The van der Waals surface area contributed by atoms with Crippen molar-refractivity contribution in [3.8, 4) is 0 Å². The Hall–Kier alpha value is -0.580. The molecule has 1 N–H and O–H groups in total. The summed E-state index contributed by atoms with van der Waals surface area (Å²) in [6.07, 6.45) is 1.17. The van der Waals surface area contributed by atoms with Gasteiger partial charge in [0.25, 0.3) is 0 Å². The number of hydrogen-bond donors (Lipinski definition) is 1. The van der Waals surface area contributed by atoms with Crippen LogP contribution < -0.4 is 5.32 Å². The molecular weight excluding hydrogens is 248 g/mol. The molecule has 0 amide bonds. The zero-order valence-corrected chi connectivity index (χ0v) is 12.7. The van der Waals surface area contributed by atoms with Crippen molar-refractivity contribution >= 4 is 11.6 Å². The summed E-state index contributed by atoms with van der Waals surface area (Å²) >= 11 is 6.17. The first kappa shape index (κ1) is 15.5. The van der Waals surface area contributed by atoms with Crippen molar-refractivity contribution < 1.29 is 0 Å². The molecule has 0 spiro atoms. The molecule has 1 heterocycles. The largest absolute Gasteiger partial charge is 0.312 e. The molecule has 0 aliphatic heterocycles. The lowest BCUT2D eigenvalue weighted by atomic mass is 10.2. The normalized spacial score (nSPS) is 11.4. The van der Waals surface area contributed by atoms with Gasteiger partial charge in [0.1, 0.15) is 5.15 Å². The number of rotatable bonds is 8. The summed E-state index contributed by atoms with van der Waals surface area (Å²) < 4.78 is 1.73. The van der Waals surface area contributed by atoms with E-state index in [1.54, 1.807) is 4.68 Å². The van der Waals surface area contributed by atoms with E-state index in [0.29, 0.717) is 0 Å². The van der Waals surface area contributed by atoms with Gasteiger partial charge in [0.05, 0.1) is 5.69 Å². The summed E-state index contributed by atoms with van der Waals surface area (Å²) in [5, 5.41) is 8.48. The average Bonchev–Trinajstić information content (AvgIpc) is 2.59. The van der Waals surface area contributed by atoms with Crippen LogP contribution in [0.1, 0.15) is 31.5 Å². The number of nitrogens with zero attached hydrogens (tertiary/aromatic N) is 3. The molecule has 0 atom stereocenters. The van der Waals surface area contributed by atoms with Gasteiger partial charge >= 0.3 is 0 Å². The summed E-state index contributed by atoms with van der Waals surface area (Å²) in [5.41, 5.74) is 2.13. The van der Waals surface area contributed by atoms with Crippen molar-refractivity contribution in [1.82, 2.24) is 20.0 Å². The van der Waals surface area contributed by atoms with E-state index < -0.39 is 0 Å². The minimum absolute atomic E-state index is 0.740. The molecule has 4 nitrogen and oxygen atoms in total. The van der Waals surface area contributed by atoms with Gasteiger partial charge in [0.2, 0.25) is 0 Å². The molecule has 104 valence electrons. The van der Waals surface area contributed by atoms with Crippen LogP contribution in [0.5, 0.6) is 0 Å². The maximum Gasteiger partial charge on any atom is 0.131 e. The van der Waals surface area contributed by atoms with Crippen molar-refractivity contribution in [1.29, 1.82) is 0 Å². The van der Waals surface area contributed by atoms with Crippen LogP contribution in [0, 0.1) is 6.92 Å². The maximum absolute atomic E-state index is 6.17. The van der Waals surface area contributed by atoms with Crippen molar-refractivity contribution in [2.45, 2.75) is 33.7 Å². The highest BCUT2D eigenvalue weighted by Crippen LogP contribution is 2.17. The molecule has 0 fully saturated rings. The molecule has 1 aromatic heterocycles. The third-order valence-corrected chi connectivity index (χ3v) is 3.77. The second-order valence-electron chi connectivity index (χ2n) is 4.54. The molecular formula is C13H25ClN4. The molecule has 0 bridgehead atoms. The van der Waals surface area contributed by atoms with Gasteiger partial charge in [-0.3, -0.25) is 4.68 Å². The Balaban J connectivity index is 2.26. The fourth-order valence-electron chi connectivity index (χ4n) is 2.06. The molecule has 5 heteroatoms. The van der Waals surface area contributed by atoms with E-state index in [9.17, 15) is 0 Å². The van der Waals surface area contributed by atoms with Crippen LogP contribution in [-0.2, 0) is 13.6 Å². The number of hydrogen-bond acceptors (Lipinski definition) is 3. The van der Waals surface area contributed by atoms with Gasteiger partial charge in [0, 0.05) is 19.2 Å². The number of aryl methyl sites for hydroxylation is 2. The highest BCUT2D eigenvalue weighted by molar-refractivity contribution is 6.30. The van der Waals surface area contributed by atoms with E-state index in [1.165, 1.54) is 6.42 Å². The van der Waals surface area contributed by atoms with Crippen molar-refractivity contribution in [3.05, 3.63) is 16.4 Å². The third kappa shape index (κ3) is 4.26. The molecule has 18 heavy (non-hydrogen) atoms. The molecule has 0 saturated heterocycles. The van der Waals surface area contributed by atoms with E-state index in [0.717, 1.165) is 49.1 Å². The van der Waals surface area contributed by atoms with E-state index in [4.69, 9.17) is 11.6 Å². The molecule has 0 aliphatic rings. The van der Waals surface area contributed by atoms with Crippen molar-refractivity contribution in [2.75, 3.05) is 26.2 Å². The third-order valence-electron chi connectivity index (χ3n) is 3.29. The zero-order valence-electron chi connectivity index (χ0n) is 12.0. The lowest BCUT2D eigenvalue weighted by Gasteiger charge is -2.17. The topological polar surface area (TPSA) is 33.1 Å². The standard InChI is InChI=1S/C13H25ClN4/c1-5-18(6-2)9-7-8-15-10-12-11(3)16-17(4)13(12)14/h15H,5-10H2,1-4H3. The second-order valence-corrected chi connectivity index (χ2v) is 4.89. The molecule has 0 unspecified atom stereocenters. The fraction of sp³-hybridized carbons (Fsp3) is 0.769. The summed E-state index contributed by atoms with van der Waals surface area (Å²) in [6.45, 7) is 11.6. The summed E-state index contributed by atoms with van der Waals surface area (Å²) in [5.74, 6) is 0. The monoisotopic (exact) mass is 272 g/mol. The fourth-order valence-corrected chi connectivity index (χ4v) is 2.30. The predicted molar refractivity (Wildman–Crippen MR) is 77.1 cm³/mol. The van der Waals surface area contributed by atoms with Crippen LogP contribution in [-0.4, -0.2) is 40.9 Å². The number of nitrogens with one attached hydrogen (secondary N) is 1. The van der Waals surface area contributed by atoms with Crippen LogP contribution in [0.4, 0.5) is 0 Å². The van der Waals surface area contributed by atoms with E-state index in [-0.39, 0.29) is 0 Å². The van der Waals surface area contributed by atoms with E-state index >= 15 is 0 Å². The van der Waals surface area contributed by atoms with Gasteiger partial charge in [-0.2, -0.15) is 5.10 Å². The Labute approximate surface area is 115 Å². The Kier molecular flexibility index (Phi) is 6.68. The maximum atomic E-state index is 6.17. The van der Waals surface area contributed by atoms with Crippen LogP contribution in [0.25, 0.3) is 0 Å². The van der Waals surface area contributed by atoms with Crippen molar-refractivity contribution in [2.24, 2.45) is 7.05 Å². The lowest BCUT2D eigenvalue weighted by molar-refractivity contribution is 0.298. The first-order valence-electron chi connectivity index (χ1n) is 6.71. The molecule has 0 saturated carbocycles. The minimum atomic E-state index is 0.740. The van der Waals surface area contributed by atoms with Crippen LogP contribution in [0.15, 0.2) is 0 Å². The predicted octanol–water partition coefficient (Wildman–Crippen LogP) is 2.20. The van der Waals surface area contributed by atoms with Crippen molar-refractivity contribution in [3.63, 3.8) is 0 Å². The Morgan fingerprint density at radius 2 is 2.00 bits per heavy atom. The molecule has 1 rings (SSSR count). The lowest BCUT2D eigenvalue weighted by Crippen LogP contribution is -2.27. The first-order chi connectivity index (χ1) is 8.60. The molecule has 0 radical (unpaired) electrons. The van der Waals surface area contributed by atoms with Gasteiger partial charge in [0.15, 0.2) is 0 Å². The van der Waals surface area contributed by atoms with Gasteiger partial charge in [-0.05, 0) is 39.5 Å². The Bertz CT molecular complexity index is 358. The van der Waals surface area contributed by atoms with Gasteiger partial charge in [-0.15, -0.1) is 0 Å². The quantitative estimate of drug-likeness (QED) is 0.737. The minimum Gasteiger partial charge on any atom is -0.312 e. The summed E-state index contributed by atoms with van der Waals surface area (Å²) in [4.78, 5) is 2.43. The van der Waals surface area contributed by atoms with E-state index in [1.807, 2.05) is 14.0 Å². The highest BCUT2D eigenvalue weighted by atomic mass is 35.5. The summed E-state index contributed by atoms with van der Waals surface area (Å²) in [7, 11) is 1.87. The highest BCUT2D eigenvalue weighted by Gasteiger charge is 2.10. The van der Waals surface area contributed by atoms with Gasteiger partial charge in [-0.1, -0.05) is 25.4 Å². The number of halogens is 1.